The molecule has 2 aromatic rings. The highest BCUT2D eigenvalue weighted by atomic mass is 35.5. The lowest BCUT2D eigenvalue weighted by Crippen LogP contribution is -2.47. The molecule has 30 heavy (non-hydrogen) atoms. The number of carbonyl (C=O) groups is 1. The molecular weight excluding hydrogens is 402 g/mol. The summed E-state index contributed by atoms with van der Waals surface area (Å²) >= 11 is 6.23. The van der Waals surface area contributed by atoms with Crippen LogP contribution in [0.25, 0.3) is 0 Å². The van der Waals surface area contributed by atoms with Gasteiger partial charge in [-0.25, -0.2) is 0 Å². The number of hydrogen-bond donors (Lipinski definition) is 3. The number of likely N-dealkylation sites (tertiary alicyclic amines) is 1. The van der Waals surface area contributed by atoms with Crippen molar-refractivity contribution in [3.63, 3.8) is 0 Å². The number of piperidine rings is 1. The smallest absolute Gasteiger partial charge is 0.239 e. The Morgan fingerprint density at radius 2 is 2.13 bits per heavy atom. The lowest BCUT2D eigenvalue weighted by molar-refractivity contribution is -0.120. The molecule has 3 N–H and O–H groups in total. The first-order valence-corrected chi connectivity index (χ1v) is 10.6. The molecule has 2 atom stereocenters. The number of hydrogen-bond acceptors (Lipinski definition) is 4. The van der Waals surface area contributed by atoms with Gasteiger partial charge in [-0.2, -0.15) is 0 Å². The summed E-state index contributed by atoms with van der Waals surface area (Å²) in [6.07, 6.45) is 3.86. The van der Waals surface area contributed by atoms with Gasteiger partial charge in [-0.05, 0) is 62.2 Å². The molecule has 0 aliphatic carbocycles. The maximum absolute atomic E-state index is 12.1. The quantitative estimate of drug-likeness (QED) is 0.464. The Bertz CT molecular complexity index is 840. The van der Waals surface area contributed by atoms with Crippen molar-refractivity contribution in [2.75, 3.05) is 33.7 Å². The fourth-order valence-corrected chi connectivity index (χ4v) is 4.16. The van der Waals surface area contributed by atoms with Crippen LogP contribution in [0.2, 0.25) is 5.02 Å². The van der Waals surface area contributed by atoms with Crippen LogP contribution >= 0.6 is 11.6 Å². The molecule has 2 unspecified atom stereocenters. The van der Waals surface area contributed by atoms with E-state index in [4.69, 9.17) is 16.0 Å². The van der Waals surface area contributed by atoms with Crippen LogP contribution in [0.3, 0.4) is 0 Å². The van der Waals surface area contributed by atoms with Crippen molar-refractivity contribution in [3.05, 3.63) is 59.0 Å². The molecule has 8 heteroatoms. The summed E-state index contributed by atoms with van der Waals surface area (Å²) in [7, 11) is 3.87. The molecule has 1 aromatic carbocycles. The van der Waals surface area contributed by atoms with Gasteiger partial charge < -0.3 is 20.4 Å². The summed E-state index contributed by atoms with van der Waals surface area (Å²) in [5.41, 5.74) is 1.23. The van der Waals surface area contributed by atoms with Crippen molar-refractivity contribution in [1.82, 2.24) is 20.9 Å². The van der Waals surface area contributed by atoms with E-state index in [0.717, 1.165) is 36.7 Å². The fraction of sp³-hybridized carbons (Fsp3) is 0.455. The van der Waals surface area contributed by atoms with Gasteiger partial charge in [0.25, 0.3) is 0 Å². The highest BCUT2D eigenvalue weighted by Gasteiger charge is 2.30. The first kappa shape index (κ1) is 22.2. The number of nitrogens with zero attached hydrogens (tertiary/aromatic N) is 2. The van der Waals surface area contributed by atoms with Crippen LogP contribution in [0.15, 0.2) is 52.1 Å². The second-order valence-electron chi connectivity index (χ2n) is 7.55. The summed E-state index contributed by atoms with van der Waals surface area (Å²) < 4.78 is 5.22. The zero-order valence-corrected chi connectivity index (χ0v) is 18.3. The van der Waals surface area contributed by atoms with Crippen LogP contribution in [0.1, 0.15) is 30.2 Å². The third-order valence-corrected chi connectivity index (χ3v) is 5.64. The van der Waals surface area contributed by atoms with E-state index in [-0.39, 0.29) is 12.5 Å². The second-order valence-corrected chi connectivity index (χ2v) is 7.98. The van der Waals surface area contributed by atoms with Gasteiger partial charge in [0.1, 0.15) is 5.76 Å². The van der Waals surface area contributed by atoms with Crippen molar-refractivity contribution < 1.29 is 9.21 Å². The summed E-state index contributed by atoms with van der Waals surface area (Å²) in [5.74, 6) is 1.62. The molecular formula is C22H30ClN5O2. The molecule has 3 rings (SSSR count). The largest absolute Gasteiger partial charge is 0.467 e. The molecule has 7 nitrogen and oxygen atoms in total. The van der Waals surface area contributed by atoms with Crippen LogP contribution in [0.4, 0.5) is 0 Å². The Hall–Kier alpha value is -2.51. The van der Waals surface area contributed by atoms with Gasteiger partial charge in [-0.3, -0.25) is 14.7 Å². The highest BCUT2D eigenvalue weighted by molar-refractivity contribution is 6.30. The average Bonchev–Trinajstić information content (AvgIpc) is 3.26. The maximum atomic E-state index is 12.1. The first-order valence-electron chi connectivity index (χ1n) is 10.3. The SMILES string of the molecule is CN=C(NCC(=O)NCc1ccco1)NCC1CCCN(C)C1c1cccc(Cl)c1. The number of amides is 1. The molecule has 0 bridgehead atoms. The Morgan fingerprint density at radius 3 is 2.87 bits per heavy atom. The molecule has 1 aromatic heterocycles. The highest BCUT2D eigenvalue weighted by Crippen LogP contribution is 2.35. The third-order valence-electron chi connectivity index (χ3n) is 5.41. The minimum absolute atomic E-state index is 0.122. The van der Waals surface area contributed by atoms with Crippen LogP contribution < -0.4 is 16.0 Å². The molecule has 0 radical (unpaired) electrons. The number of rotatable bonds is 7. The number of guanidine groups is 1. The van der Waals surface area contributed by atoms with Gasteiger partial charge in [-0.15, -0.1) is 0 Å². The minimum Gasteiger partial charge on any atom is -0.467 e. The predicted molar refractivity (Wildman–Crippen MR) is 119 cm³/mol. The number of carbonyl (C=O) groups excluding carboxylic acids is 1. The molecule has 0 spiro atoms. The Labute approximate surface area is 182 Å². The number of nitrogens with one attached hydrogen (secondary N) is 3. The van der Waals surface area contributed by atoms with Crippen molar-refractivity contribution in [1.29, 1.82) is 0 Å². The van der Waals surface area contributed by atoms with E-state index in [1.165, 1.54) is 5.56 Å². The van der Waals surface area contributed by atoms with Crippen molar-refractivity contribution >= 4 is 23.5 Å². The van der Waals surface area contributed by atoms with Gasteiger partial charge >= 0.3 is 0 Å². The number of benzene rings is 1. The van der Waals surface area contributed by atoms with Gasteiger partial charge in [0.2, 0.25) is 5.91 Å². The van der Waals surface area contributed by atoms with Crippen LogP contribution in [0, 0.1) is 5.92 Å². The zero-order chi connectivity index (χ0) is 21.3. The molecule has 1 fully saturated rings. The van der Waals surface area contributed by atoms with E-state index in [1.807, 2.05) is 18.2 Å². The Kier molecular flexibility index (Phi) is 8.16. The van der Waals surface area contributed by atoms with E-state index in [9.17, 15) is 4.79 Å². The lowest BCUT2D eigenvalue weighted by atomic mass is 9.85. The first-order chi connectivity index (χ1) is 14.6. The second kappa shape index (κ2) is 11.0. The third kappa shape index (κ3) is 6.24. The molecule has 0 saturated carbocycles. The van der Waals surface area contributed by atoms with Crippen molar-refractivity contribution in [2.45, 2.75) is 25.4 Å². The maximum Gasteiger partial charge on any atom is 0.239 e. The molecule has 162 valence electrons. The lowest BCUT2D eigenvalue weighted by Gasteiger charge is -2.40. The van der Waals surface area contributed by atoms with Gasteiger partial charge in [-0.1, -0.05) is 23.7 Å². The summed E-state index contributed by atoms with van der Waals surface area (Å²) in [6, 6.07) is 12.0. The predicted octanol–water partition coefficient (Wildman–Crippen LogP) is 2.80. The van der Waals surface area contributed by atoms with E-state index in [0.29, 0.717) is 24.5 Å². The summed E-state index contributed by atoms with van der Waals surface area (Å²) in [4.78, 5) is 18.7. The summed E-state index contributed by atoms with van der Waals surface area (Å²) in [5, 5.41) is 10.0. The van der Waals surface area contributed by atoms with Crippen LogP contribution in [-0.2, 0) is 11.3 Å². The number of aliphatic imine (C=N–C) groups is 1. The van der Waals surface area contributed by atoms with Crippen molar-refractivity contribution in [3.8, 4) is 0 Å². The summed E-state index contributed by atoms with van der Waals surface area (Å²) in [6.45, 7) is 2.34. The van der Waals surface area contributed by atoms with Crippen LogP contribution in [-0.4, -0.2) is 50.5 Å². The van der Waals surface area contributed by atoms with Gasteiger partial charge in [0.05, 0.1) is 19.4 Å². The molecule has 2 heterocycles. The zero-order valence-electron chi connectivity index (χ0n) is 17.5. The molecule has 1 aliphatic rings. The average molecular weight is 432 g/mol. The van der Waals surface area contributed by atoms with E-state index in [2.05, 4.69) is 45.0 Å². The normalized spacial score (nSPS) is 20.0. The number of furan rings is 1. The Balaban J connectivity index is 1.50. The van der Waals surface area contributed by atoms with E-state index < -0.39 is 0 Å². The van der Waals surface area contributed by atoms with Crippen LogP contribution in [0.5, 0.6) is 0 Å². The molecule has 1 amide bonds. The van der Waals surface area contributed by atoms with E-state index >= 15 is 0 Å². The van der Waals surface area contributed by atoms with E-state index in [1.54, 1.807) is 19.4 Å². The monoisotopic (exact) mass is 431 g/mol. The fourth-order valence-electron chi connectivity index (χ4n) is 3.96. The molecule has 1 saturated heterocycles. The number of halogens is 1. The topological polar surface area (TPSA) is 81.9 Å². The minimum atomic E-state index is -0.122. The Morgan fingerprint density at radius 1 is 1.27 bits per heavy atom. The standard InChI is InChI=1S/C22H30ClN5O2/c1-24-22(27-15-20(29)25-14-19-9-5-11-30-19)26-13-17-7-4-10-28(2)21(17)16-6-3-8-18(23)12-16/h3,5-6,8-9,11-12,17,21H,4,7,10,13-15H2,1-2H3,(H,25,29)(H2,24,26,27). The van der Waals surface area contributed by atoms with Gasteiger partial charge in [0.15, 0.2) is 5.96 Å². The van der Waals surface area contributed by atoms with Crippen molar-refractivity contribution in [2.24, 2.45) is 10.9 Å². The molecule has 1 aliphatic heterocycles. The van der Waals surface area contributed by atoms with Gasteiger partial charge in [0, 0.05) is 24.7 Å².